The average Bonchev–Trinajstić information content (AvgIpc) is 1.60. The predicted molar refractivity (Wildman–Crippen MR) is 511 cm³/mol. The molecule has 1 fully saturated rings. The Morgan fingerprint density at radius 2 is 0.630 bits per heavy atom. The van der Waals surface area contributed by atoms with Crippen LogP contribution in [0.5, 0.6) is 0 Å². The number of alkyl halides is 1. The first-order valence-corrected chi connectivity index (χ1v) is 41.9. The summed E-state index contributed by atoms with van der Waals surface area (Å²) in [5, 5.41) is 17.4. The molecule has 0 atom stereocenters. The van der Waals surface area contributed by atoms with E-state index >= 15 is 0 Å². The summed E-state index contributed by atoms with van der Waals surface area (Å²) in [6.45, 7) is 10.0. The maximum atomic E-state index is 7.00. The average molecular weight is 1660 g/mol. The normalized spacial score (nSPS) is 12.3. The smallest absolute Gasteiger partial charge is 0.455 e. The Kier molecular flexibility index (Phi) is 22.2. The fourth-order valence-corrected chi connectivity index (χ4v) is 16.5. The van der Waals surface area contributed by atoms with Crippen LogP contribution in [0.15, 0.2) is 361 Å². The summed E-state index contributed by atoms with van der Waals surface area (Å²) in [5.74, 6) is 23.7. The molecule has 568 valence electrons. The largest absolute Gasteiger partial charge is 0.494 e. The molecule has 1 aliphatic rings. The Labute approximate surface area is 711 Å². The zero-order valence-electron chi connectivity index (χ0n) is 66.4. The number of benzene rings is 16. The quantitative estimate of drug-likeness (QED) is 0.0500. The third kappa shape index (κ3) is 15.0. The second kappa shape index (κ2) is 34.1. The zero-order valence-corrected chi connectivity index (χ0v) is 69.3. The molecule has 0 spiro atoms. The third-order valence-electron chi connectivity index (χ3n) is 22.3. The van der Waals surface area contributed by atoms with Crippen molar-refractivity contribution in [2.24, 2.45) is 0 Å². The molecule has 5 heterocycles. The molecule has 119 heavy (non-hydrogen) atoms. The van der Waals surface area contributed by atoms with Crippen molar-refractivity contribution >= 4 is 155 Å². The lowest BCUT2D eigenvalue weighted by atomic mass is 9.79. The van der Waals surface area contributed by atoms with Crippen LogP contribution in [0.3, 0.4) is 0 Å². The summed E-state index contributed by atoms with van der Waals surface area (Å²) in [5.41, 5.74) is 18.3. The Balaban J connectivity index is 0.000000124. The molecule has 1 saturated heterocycles. The Hall–Kier alpha value is -14.0. The molecule has 0 radical (unpaired) electrons. The van der Waals surface area contributed by atoms with Crippen LogP contribution in [0.1, 0.15) is 34.6 Å². The van der Waals surface area contributed by atoms with Crippen LogP contribution in [0.25, 0.3) is 176 Å². The number of nitrogens with zero attached hydrogens (tertiary/aromatic N) is 2. The molecule has 16 aromatic carbocycles. The lowest BCUT2D eigenvalue weighted by Gasteiger charge is -2.32. The van der Waals surface area contributed by atoms with Gasteiger partial charge in [-0.15, -0.1) is 6.42 Å². The number of fused-ring (bicyclic) bond motifs is 18. The number of halogens is 2. The summed E-state index contributed by atoms with van der Waals surface area (Å²) < 4.78 is 30.7. The van der Waals surface area contributed by atoms with Gasteiger partial charge in [0, 0.05) is 81.7 Å². The van der Waals surface area contributed by atoms with Crippen molar-refractivity contribution in [3.63, 3.8) is 0 Å². The van der Waals surface area contributed by atoms with Gasteiger partial charge in [-0.3, -0.25) is 0 Å². The number of rotatable bonds is 8. The third-order valence-corrected chi connectivity index (χ3v) is 22.6. The molecule has 0 saturated carbocycles. The van der Waals surface area contributed by atoms with Gasteiger partial charge in [0.1, 0.15) is 22.7 Å². The first kappa shape index (κ1) is 77.6. The molecule has 21 rings (SSSR count). The summed E-state index contributed by atoms with van der Waals surface area (Å²) in [4.78, 5) is 1.97. The van der Waals surface area contributed by atoms with E-state index in [4.69, 9.17) is 36.2 Å². The molecular formula is C110H77BClIN2O4. The van der Waals surface area contributed by atoms with Crippen molar-refractivity contribution in [2.75, 3.05) is 4.93 Å². The van der Waals surface area contributed by atoms with Gasteiger partial charge in [-0.1, -0.05) is 325 Å². The van der Waals surface area contributed by atoms with Crippen molar-refractivity contribution in [3.05, 3.63) is 357 Å². The van der Waals surface area contributed by atoms with Crippen LogP contribution in [-0.2, 0) is 9.31 Å². The van der Waals surface area contributed by atoms with Crippen molar-refractivity contribution in [1.82, 2.24) is 9.13 Å². The molecule has 1 aliphatic heterocycles. The molecule has 9 heteroatoms. The molecule has 6 nitrogen and oxygen atoms in total. The van der Waals surface area contributed by atoms with E-state index in [2.05, 4.69) is 428 Å². The van der Waals surface area contributed by atoms with Crippen LogP contribution in [0, 0.1) is 59.7 Å². The predicted octanol–water partition coefficient (Wildman–Crippen LogP) is 28.4. The number of furan rings is 2. The molecular weight excluding hydrogens is 1590 g/mol. The van der Waals surface area contributed by atoms with Crippen LogP contribution >= 0.6 is 34.2 Å². The fourth-order valence-electron chi connectivity index (χ4n) is 16.3. The topological polar surface area (TPSA) is 54.6 Å². The summed E-state index contributed by atoms with van der Waals surface area (Å²) in [6.07, 6.45) is 4.84. The Morgan fingerprint density at radius 3 is 1.03 bits per heavy atom. The number of hydrogen-bond donors (Lipinski definition) is 0. The summed E-state index contributed by atoms with van der Waals surface area (Å²) in [6, 6.07) is 124. The van der Waals surface area contributed by atoms with E-state index in [1.165, 1.54) is 76.1 Å². The van der Waals surface area contributed by atoms with Crippen molar-refractivity contribution < 1.29 is 18.1 Å². The lowest BCUT2D eigenvalue weighted by Crippen LogP contribution is -2.41. The first-order valence-electron chi connectivity index (χ1n) is 39.4. The van der Waals surface area contributed by atoms with E-state index in [0.29, 0.717) is 5.02 Å². The van der Waals surface area contributed by atoms with E-state index in [1.54, 1.807) is 6.92 Å². The zero-order chi connectivity index (χ0) is 81.6. The highest BCUT2D eigenvalue weighted by Crippen LogP contribution is 2.50. The van der Waals surface area contributed by atoms with E-state index < -0.39 is 0 Å². The minimum absolute atomic E-state index is 0.330. The van der Waals surface area contributed by atoms with Gasteiger partial charge in [0.15, 0.2) is 0 Å². The van der Waals surface area contributed by atoms with Gasteiger partial charge in [0.25, 0.3) is 0 Å². The fraction of sp³-hybridized carbons (Fsp3) is 0.0727. The highest BCUT2D eigenvalue weighted by Gasteiger charge is 2.51. The molecule has 0 N–H and O–H groups in total. The van der Waals surface area contributed by atoms with Gasteiger partial charge in [-0.25, -0.2) is 0 Å². The van der Waals surface area contributed by atoms with Crippen molar-refractivity contribution in [1.29, 1.82) is 0 Å². The summed E-state index contributed by atoms with van der Waals surface area (Å²) >= 11 is 8.56. The monoisotopic (exact) mass is 1660 g/mol. The van der Waals surface area contributed by atoms with Gasteiger partial charge < -0.3 is 27.3 Å². The van der Waals surface area contributed by atoms with E-state index in [1.807, 2.05) is 41.3 Å². The van der Waals surface area contributed by atoms with Crippen LogP contribution in [0.2, 0.25) is 5.02 Å². The highest BCUT2D eigenvalue weighted by molar-refractivity contribution is 14.1. The van der Waals surface area contributed by atoms with Crippen LogP contribution in [-0.4, -0.2) is 32.4 Å². The molecule has 0 aliphatic carbocycles. The van der Waals surface area contributed by atoms with Gasteiger partial charge >= 0.3 is 7.12 Å². The Bertz CT molecular complexity index is 7430. The van der Waals surface area contributed by atoms with Gasteiger partial charge in [0.2, 0.25) is 0 Å². The second-order valence-corrected chi connectivity index (χ2v) is 30.2. The number of para-hydroxylation sites is 4. The minimum atomic E-state index is -0.336. The molecule has 0 amide bonds. The number of terminal acetylenes is 1. The van der Waals surface area contributed by atoms with E-state index in [9.17, 15) is 0 Å². The molecule has 0 unspecified atom stereocenters. The minimum Gasteiger partial charge on any atom is -0.455 e. The highest BCUT2D eigenvalue weighted by atomic mass is 127. The molecule has 4 aromatic heterocycles. The standard InChI is InChI=1S/C46H29NO.C28H17ClO.C24H24BNO2.C11H4.CH3I/c1-3-13-31(14-4-1)43-44-39-20-8-7-17-35(39)36-28-25-33(29-40(36)46(44)48-45(43)32-15-5-2-6-16-32)30-23-26-34(27-24-30)47-41-21-11-9-18-37(41)38-19-10-12-22-42(38)47;29-20-15-16-22-21-13-7-8-14-23(21)26-25(18-9-3-1-4-10-18)27(19-11-5-2-6-12-19)30-28(26)24(22)17-20;1-23(2)24(3,4)28-25(27-23)17-13-15-18(16-14-17)26-21-11-7-5-9-19(21)20-10-6-8-12-22(20)26;1-3-5-7-9-11-10-8-6-4-2;1-2/h1-29H;1-17H;5-16H,1-4H3;1H,2H3;1H3. The van der Waals surface area contributed by atoms with Crippen molar-refractivity contribution in [2.45, 2.75) is 45.8 Å². The van der Waals surface area contributed by atoms with Crippen molar-refractivity contribution in [3.8, 4) is 127 Å². The SMILES string of the molecule is C#CC#CC#CC#CC#CC.CC1(C)OB(c2ccc(-n3c4ccccc4c4ccccc43)cc2)OC1(C)C.CI.Clc1ccc2c3ccccc3c3c(-c4ccccc4)c(-c4ccccc4)oc3c2c1.c1ccc(-c2oc3c4cc(-c5ccc(-n6c7ccccc7c7ccccc76)cc5)ccc4c4ccccc4c3c2-c2ccccc2)cc1. The van der Waals surface area contributed by atoms with Gasteiger partial charge in [0.05, 0.1) is 33.3 Å². The molecule has 20 aromatic rings. The van der Waals surface area contributed by atoms with E-state index in [0.717, 1.165) is 105 Å². The number of aromatic nitrogens is 2. The Morgan fingerprint density at radius 1 is 0.311 bits per heavy atom. The van der Waals surface area contributed by atoms with Gasteiger partial charge in [-0.2, -0.15) is 0 Å². The van der Waals surface area contributed by atoms with Crippen LogP contribution in [0.4, 0.5) is 0 Å². The first-order chi connectivity index (χ1) is 58.4. The van der Waals surface area contributed by atoms with E-state index in [-0.39, 0.29) is 18.3 Å². The second-order valence-electron chi connectivity index (χ2n) is 29.8. The van der Waals surface area contributed by atoms with Gasteiger partial charge in [-0.05, 0) is 214 Å². The molecule has 0 bridgehead atoms. The van der Waals surface area contributed by atoms with Crippen LogP contribution < -0.4 is 5.46 Å². The number of hydrogen-bond acceptors (Lipinski definition) is 4. The maximum absolute atomic E-state index is 7.00. The lowest BCUT2D eigenvalue weighted by molar-refractivity contribution is 0.00578. The maximum Gasteiger partial charge on any atom is 0.494 e. The summed E-state index contributed by atoms with van der Waals surface area (Å²) in [7, 11) is -0.336.